The fourth-order valence-corrected chi connectivity index (χ4v) is 1.44. The molecular formula is C15H35NO2. The van der Waals surface area contributed by atoms with Gasteiger partial charge >= 0.3 is 0 Å². The fourth-order valence-electron chi connectivity index (χ4n) is 1.44. The van der Waals surface area contributed by atoms with Crippen LogP contribution in [0.3, 0.4) is 0 Å². The number of hydrogen-bond donors (Lipinski definition) is 1. The SMILES string of the molecule is CC.CNCCCC(C)(C)OCCC(C)(C)OC. The molecule has 0 bridgehead atoms. The van der Waals surface area contributed by atoms with Gasteiger partial charge < -0.3 is 14.8 Å². The quantitative estimate of drug-likeness (QED) is 0.643. The Morgan fingerprint density at radius 2 is 1.50 bits per heavy atom. The van der Waals surface area contributed by atoms with E-state index >= 15 is 0 Å². The topological polar surface area (TPSA) is 30.5 Å². The summed E-state index contributed by atoms with van der Waals surface area (Å²) < 4.78 is 11.3. The van der Waals surface area contributed by atoms with Gasteiger partial charge in [-0.1, -0.05) is 13.8 Å². The van der Waals surface area contributed by atoms with Gasteiger partial charge in [0.25, 0.3) is 0 Å². The van der Waals surface area contributed by atoms with E-state index in [1.165, 1.54) is 0 Å². The standard InChI is InChI=1S/C13H29NO2.C2H6/c1-12(2,15-6)9-11-16-13(3,4)8-7-10-14-5;1-2/h14H,7-11H2,1-6H3;1-2H3. The van der Waals surface area contributed by atoms with Gasteiger partial charge in [-0.05, 0) is 60.5 Å². The van der Waals surface area contributed by atoms with Gasteiger partial charge in [0.15, 0.2) is 0 Å². The molecule has 0 fully saturated rings. The summed E-state index contributed by atoms with van der Waals surface area (Å²) in [6.45, 7) is 14.3. The Morgan fingerprint density at radius 3 is 1.94 bits per heavy atom. The molecule has 0 aromatic heterocycles. The molecule has 0 rings (SSSR count). The van der Waals surface area contributed by atoms with E-state index in [1.807, 2.05) is 20.9 Å². The Morgan fingerprint density at radius 1 is 0.944 bits per heavy atom. The van der Waals surface area contributed by atoms with Gasteiger partial charge in [-0.2, -0.15) is 0 Å². The monoisotopic (exact) mass is 261 g/mol. The number of ether oxygens (including phenoxy) is 2. The minimum atomic E-state index is -0.0823. The summed E-state index contributed by atoms with van der Waals surface area (Å²) in [6, 6.07) is 0. The molecule has 0 saturated heterocycles. The molecule has 0 aliphatic rings. The van der Waals surface area contributed by atoms with Crippen LogP contribution in [0.15, 0.2) is 0 Å². The fraction of sp³-hybridized carbons (Fsp3) is 1.00. The summed E-state index contributed by atoms with van der Waals surface area (Å²) in [5, 5.41) is 3.15. The Hall–Kier alpha value is -0.120. The molecule has 0 saturated carbocycles. The van der Waals surface area contributed by atoms with Gasteiger partial charge in [0, 0.05) is 7.11 Å². The zero-order valence-corrected chi connectivity index (χ0v) is 13.9. The van der Waals surface area contributed by atoms with E-state index in [1.54, 1.807) is 7.11 Å². The maximum Gasteiger partial charge on any atom is 0.0644 e. The third kappa shape index (κ3) is 12.3. The van der Waals surface area contributed by atoms with Gasteiger partial charge in [0.05, 0.1) is 17.8 Å². The summed E-state index contributed by atoms with van der Waals surface area (Å²) in [5.41, 5.74) is -0.109. The molecule has 0 amide bonds. The minimum Gasteiger partial charge on any atom is -0.379 e. The summed E-state index contributed by atoms with van der Waals surface area (Å²) in [7, 11) is 3.73. The molecule has 0 atom stereocenters. The lowest BCUT2D eigenvalue weighted by molar-refractivity contribution is -0.0616. The summed E-state index contributed by atoms with van der Waals surface area (Å²) >= 11 is 0. The Bertz CT molecular complexity index is 179. The second-order valence-corrected chi connectivity index (χ2v) is 5.53. The van der Waals surface area contributed by atoms with Gasteiger partial charge in [0.1, 0.15) is 0 Å². The van der Waals surface area contributed by atoms with Crippen LogP contribution in [-0.2, 0) is 9.47 Å². The lowest BCUT2D eigenvalue weighted by Gasteiger charge is -2.28. The highest BCUT2D eigenvalue weighted by atomic mass is 16.5. The van der Waals surface area contributed by atoms with Crippen molar-refractivity contribution in [3.05, 3.63) is 0 Å². The molecule has 0 spiro atoms. The van der Waals surface area contributed by atoms with Crippen LogP contribution in [0.1, 0.15) is 60.8 Å². The Kier molecular flexibility index (Phi) is 12.1. The molecule has 0 unspecified atom stereocenters. The first-order valence-corrected chi connectivity index (χ1v) is 7.17. The number of nitrogens with one attached hydrogen (secondary N) is 1. The van der Waals surface area contributed by atoms with Crippen molar-refractivity contribution in [2.75, 3.05) is 27.3 Å². The molecule has 0 aliphatic carbocycles. The van der Waals surface area contributed by atoms with Crippen LogP contribution in [0.2, 0.25) is 0 Å². The molecule has 3 nitrogen and oxygen atoms in total. The highest BCUT2D eigenvalue weighted by Gasteiger charge is 2.21. The second-order valence-electron chi connectivity index (χ2n) is 5.53. The van der Waals surface area contributed by atoms with Crippen molar-refractivity contribution < 1.29 is 9.47 Å². The van der Waals surface area contributed by atoms with Crippen LogP contribution >= 0.6 is 0 Å². The average Bonchev–Trinajstić information content (AvgIpc) is 2.31. The smallest absolute Gasteiger partial charge is 0.0644 e. The van der Waals surface area contributed by atoms with Gasteiger partial charge in [-0.15, -0.1) is 0 Å². The van der Waals surface area contributed by atoms with Crippen molar-refractivity contribution in [2.24, 2.45) is 0 Å². The molecular weight excluding hydrogens is 226 g/mol. The lowest BCUT2D eigenvalue weighted by Crippen LogP contribution is -2.30. The molecule has 18 heavy (non-hydrogen) atoms. The van der Waals surface area contributed by atoms with Crippen LogP contribution in [0.4, 0.5) is 0 Å². The Labute approximate surface area is 115 Å². The van der Waals surface area contributed by atoms with Crippen LogP contribution in [0.25, 0.3) is 0 Å². The van der Waals surface area contributed by atoms with Crippen LogP contribution in [0.5, 0.6) is 0 Å². The van der Waals surface area contributed by atoms with E-state index < -0.39 is 0 Å². The number of methoxy groups -OCH3 is 1. The van der Waals surface area contributed by atoms with E-state index in [2.05, 4.69) is 33.0 Å². The third-order valence-corrected chi connectivity index (χ3v) is 2.96. The van der Waals surface area contributed by atoms with E-state index in [0.717, 1.165) is 32.4 Å². The van der Waals surface area contributed by atoms with Crippen LogP contribution in [-0.4, -0.2) is 38.5 Å². The van der Waals surface area contributed by atoms with Gasteiger partial charge in [0.2, 0.25) is 0 Å². The molecule has 112 valence electrons. The van der Waals surface area contributed by atoms with Crippen molar-refractivity contribution in [1.29, 1.82) is 0 Å². The average molecular weight is 261 g/mol. The molecule has 0 aromatic carbocycles. The van der Waals surface area contributed by atoms with Gasteiger partial charge in [-0.3, -0.25) is 0 Å². The minimum absolute atomic E-state index is 0.0271. The van der Waals surface area contributed by atoms with Crippen molar-refractivity contribution in [1.82, 2.24) is 5.32 Å². The Balaban J connectivity index is 0. The van der Waals surface area contributed by atoms with Crippen molar-refractivity contribution in [3.63, 3.8) is 0 Å². The second kappa shape index (κ2) is 10.8. The molecule has 0 aliphatic heterocycles. The lowest BCUT2D eigenvalue weighted by atomic mass is 10.0. The summed E-state index contributed by atoms with van der Waals surface area (Å²) in [4.78, 5) is 0. The molecule has 3 heteroatoms. The maximum atomic E-state index is 5.91. The zero-order chi connectivity index (χ0) is 14.7. The molecule has 0 aromatic rings. The first-order chi connectivity index (χ1) is 8.33. The van der Waals surface area contributed by atoms with Crippen molar-refractivity contribution in [3.8, 4) is 0 Å². The largest absolute Gasteiger partial charge is 0.379 e. The predicted molar refractivity (Wildman–Crippen MR) is 80.2 cm³/mol. The molecule has 1 N–H and O–H groups in total. The van der Waals surface area contributed by atoms with E-state index in [-0.39, 0.29) is 11.2 Å². The highest BCUT2D eigenvalue weighted by Crippen LogP contribution is 2.19. The van der Waals surface area contributed by atoms with E-state index in [4.69, 9.17) is 9.47 Å². The van der Waals surface area contributed by atoms with Crippen LogP contribution < -0.4 is 5.32 Å². The predicted octanol–water partition coefficient (Wildman–Crippen LogP) is 3.62. The normalized spacial score (nSPS) is 12.0. The van der Waals surface area contributed by atoms with Crippen molar-refractivity contribution in [2.45, 2.75) is 72.0 Å². The first-order valence-electron chi connectivity index (χ1n) is 7.17. The molecule has 0 heterocycles. The number of rotatable bonds is 9. The summed E-state index contributed by atoms with van der Waals surface area (Å²) in [6.07, 6.45) is 3.16. The maximum absolute atomic E-state index is 5.91. The number of hydrogen-bond acceptors (Lipinski definition) is 3. The zero-order valence-electron chi connectivity index (χ0n) is 13.9. The van der Waals surface area contributed by atoms with E-state index in [0.29, 0.717) is 0 Å². The van der Waals surface area contributed by atoms with Crippen LogP contribution in [0, 0.1) is 0 Å². The highest BCUT2D eigenvalue weighted by molar-refractivity contribution is 4.72. The summed E-state index contributed by atoms with van der Waals surface area (Å²) in [5.74, 6) is 0. The van der Waals surface area contributed by atoms with Gasteiger partial charge in [-0.25, -0.2) is 0 Å². The molecule has 0 radical (unpaired) electrons. The van der Waals surface area contributed by atoms with Crippen molar-refractivity contribution >= 4 is 0 Å². The first kappa shape index (κ1) is 20.2. The van der Waals surface area contributed by atoms with E-state index in [9.17, 15) is 0 Å². The third-order valence-electron chi connectivity index (χ3n) is 2.96.